The molecule has 4 nitrogen and oxygen atoms in total. The van der Waals surface area contributed by atoms with Crippen molar-refractivity contribution in [3.8, 4) is 0 Å². The molecule has 0 aliphatic carbocycles. The number of para-hydroxylation sites is 3. The molecular formula is C19H18FN3O. The predicted molar refractivity (Wildman–Crippen MR) is 91.5 cm³/mol. The lowest BCUT2D eigenvalue weighted by molar-refractivity contribution is -0.117. The molecule has 0 radical (unpaired) electrons. The van der Waals surface area contributed by atoms with Crippen molar-refractivity contribution in [1.29, 1.82) is 0 Å². The smallest absolute Gasteiger partial charge is 0.227 e. The van der Waals surface area contributed by atoms with E-state index in [1.165, 1.54) is 6.07 Å². The number of anilines is 1. The molecule has 1 amide bonds. The van der Waals surface area contributed by atoms with Crippen LogP contribution in [0, 0.1) is 5.82 Å². The van der Waals surface area contributed by atoms with Crippen molar-refractivity contribution in [3.05, 3.63) is 60.2 Å². The Bertz CT molecular complexity index is 918. The van der Waals surface area contributed by atoms with Crippen LogP contribution < -0.4 is 4.90 Å². The highest BCUT2D eigenvalue weighted by molar-refractivity contribution is 5.96. The molecule has 0 bridgehead atoms. The van der Waals surface area contributed by atoms with Gasteiger partial charge in [0.2, 0.25) is 5.91 Å². The van der Waals surface area contributed by atoms with Crippen LogP contribution in [0.1, 0.15) is 25.1 Å². The molecule has 122 valence electrons. The quantitative estimate of drug-likeness (QED) is 0.737. The summed E-state index contributed by atoms with van der Waals surface area (Å²) in [5.74, 6) is 0.464. The average Bonchev–Trinajstić information content (AvgIpc) is 3.15. The lowest BCUT2D eigenvalue weighted by atomic mass is 10.1. The summed E-state index contributed by atoms with van der Waals surface area (Å²) in [6.45, 7) is 3.33. The molecule has 1 aromatic heterocycles. The first kappa shape index (κ1) is 14.9. The lowest BCUT2D eigenvalue weighted by Crippen LogP contribution is -2.25. The summed E-state index contributed by atoms with van der Waals surface area (Å²) in [5, 5.41) is 0. The minimum absolute atomic E-state index is 0.0237. The summed E-state index contributed by atoms with van der Waals surface area (Å²) >= 11 is 0. The third kappa shape index (κ3) is 2.28. The number of aryl methyl sites for hydroxylation is 1. The maximum absolute atomic E-state index is 14.0. The monoisotopic (exact) mass is 323 g/mol. The van der Waals surface area contributed by atoms with Crippen LogP contribution in [0.4, 0.5) is 10.1 Å². The van der Waals surface area contributed by atoms with E-state index in [1.807, 2.05) is 24.3 Å². The van der Waals surface area contributed by atoms with Crippen molar-refractivity contribution in [2.45, 2.75) is 25.8 Å². The molecular weight excluding hydrogens is 305 g/mol. The summed E-state index contributed by atoms with van der Waals surface area (Å²) < 4.78 is 16.2. The highest BCUT2D eigenvalue weighted by atomic mass is 19.1. The first-order valence-electron chi connectivity index (χ1n) is 8.19. The van der Waals surface area contributed by atoms with E-state index in [0.717, 1.165) is 23.4 Å². The fraction of sp³-hybridized carbons (Fsp3) is 0.263. The van der Waals surface area contributed by atoms with Gasteiger partial charge in [-0.25, -0.2) is 9.37 Å². The number of hydrogen-bond acceptors (Lipinski definition) is 2. The number of nitrogens with zero attached hydrogens (tertiary/aromatic N) is 3. The van der Waals surface area contributed by atoms with Gasteiger partial charge in [-0.05, 0) is 31.2 Å². The minimum atomic E-state index is -0.365. The second-order valence-electron chi connectivity index (χ2n) is 6.06. The summed E-state index contributed by atoms with van der Waals surface area (Å²) in [5.41, 5.74) is 2.36. The van der Waals surface area contributed by atoms with E-state index in [-0.39, 0.29) is 17.6 Å². The van der Waals surface area contributed by atoms with Crippen molar-refractivity contribution < 1.29 is 9.18 Å². The molecule has 5 heteroatoms. The van der Waals surface area contributed by atoms with Crippen LogP contribution in [0.15, 0.2) is 48.5 Å². The molecule has 2 aromatic carbocycles. The van der Waals surface area contributed by atoms with E-state index in [4.69, 9.17) is 4.98 Å². The number of fused-ring (bicyclic) bond motifs is 1. The van der Waals surface area contributed by atoms with Crippen molar-refractivity contribution in [1.82, 2.24) is 9.55 Å². The summed E-state index contributed by atoms with van der Waals surface area (Å²) in [6, 6.07) is 14.4. The molecule has 1 saturated heterocycles. The number of carbonyl (C=O) groups is 1. The summed E-state index contributed by atoms with van der Waals surface area (Å²) in [6.07, 6.45) is 0.359. The maximum Gasteiger partial charge on any atom is 0.227 e. The second kappa shape index (κ2) is 5.74. The Balaban J connectivity index is 1.72. The summed E-state index contributed by atoms with van der Waals surface area (Å²) in [7, 11) is 0. The fourth-order valence-corrected chi connectivity index (χ4v) is 3.52. The van der Waals surface area contributed by atoms with Gasteiger partial charge in [0.1, 0.15) is 11.6 Å². The molecule has 1 fully saturated rings. The van der Waals surface area contributed by atoms with E-state index < -0.39 is 0 Å². The van der Waals surface area contributed by atoms with E-state index in [0.29, 0.717) is 18.7 Å². The van der Waals surface area contributed by atoms with Gasteiger partial charge in [-0.3, -0.25) is 4.79 Å². The third-order valence-corrected chi connectivity index (χ3v) is 4.63. The van der Waals surface area contributed by atoms with Crippen molar-refractivity contribution in [3.63, 3.8) is 0 Å². The molecule has 0 unspecified atom stereocenters. The number of carbonyl (C=O) groups excluding carboxylic acids is 1. The van der Waals surface area contributed by atoms with Gasteiger partial charge in [-0.15, -0.1) is 0 Å². The third-order valence-electron chi connectivity index (χ3n) is 4.63. The van der Waals surface area contributed by atoms with E-state index in [1.54, 1.807) is 23.1 Å². The highest BCUT2D eigenvalue weighted by Gasteiger charge is 2.35. The van der Waals surface area contributed by atoms with Crippen LogP contribution >= 0.6 is 0 Å². The molecule has 24 heavy (non-hydrogen) atoms. The molecule has 0 spiro atoms. The van der Waals surface area contributed by atoms with Crippen LogP contribution in [-0.2, 0) is 11.3 Å². The van der Waals surface area contributed by atoms with Crippen LogP contribution in [-0.4, -0.2) is 22.0 Å². The van der Waals surface area contributed by atoms with Crippen LogP contribution in [0.25, 0.3) is 11.0 Å². The number of amides is 1. The van der Waals surface area contributed by atoms with Gasteiger partial charge in [0.05, 0.1) is 16.7 Å². The molecule has 1 aliphatic heterocycles. The maximum atomic E-state index is 14.0. The Hall–Kier alpha value is -2.69. The molecule has 4 rings (SSSR count). The van der Waals surface area contributed by atoms with Crippen molar-refractivity contribution in [2.24, 2.45) is 0 Å². The van der Waals surface area contributed by atoms with Gasteiger partial charge >= 0.3 is 0 Å². The Morgan fingerprint density at radius 2 is 1.92 bits per heavy atom. The SMILES string of the molecule is CCn1c([C@H]2CC(=O)N(c3ccccc3F)C2)nc2ccccc21. The van der Waals surface area contributed by atoms with Gasteiger partial charge in [0.25, 0.3) is 0 Å². The Kier molecular flexibility index (Phi) is 3.56. The molecule has 0 N–H and O–H groups in total. The normalized spacial score (nSPS) is 17.8. The van der Waals surface area contributed by atoms with E-state index in [2.05, 4.69) is 11.5 Å². The van der Waals surface area contributed by atoms with Crippen LogP contribution in [0.3, 0.4) is 0 Å². The molecule has 3 aromatic rings. The van der Waals surface area contributed by atoms with Crippen molar-refractivity contribution in [2.75, 3.05) is 11.4 Å². The minimum Gasteiger partial charge on any atom is -0.328 e. The van der Waals surface area contributed by atoms with Crippen LogP contribution in [0.5, 0.6) is 0 Å². The Labute approximate surface area is 139 Å². The number of aromatic nitrogens is 2. The molecule has 2 heterocycles. The van der Waals surface area contributed by atoms with E-state index >= 15 is 0 Å². The molecule has 1 atom stereocenters. The topological polar surface area (TPSA) is 38.1 Å². The summed E-state index contributed by atoms with van der Waals surface area (Å²) in [4.78, 5) is 18.7. The molecule has 1 aliphatic rings. The van der Waals surface area contributed by atoms with Crippen LogP contribution in [0.2, 0.25) is 0 Å². The standard InChI is InChI=1S/C19H18FN3O/c1-2-22-17-10-6-4-8-15(17)21-19(22)13-11-18(24)23(12-13)16-9-5-3-7-14(16)20/h3-10,13H,2,11-12H2,1H3/t13-/m0/s1. The van der Waals surface area contributed by atoms with Gasteiger partial charge in [0.15, 0.2) is 0 Å². The number of hydrogen-bond donors (Lipinski definition) is 0. The predicted octanol–water partition coefficient (Wildman–Crippen LogP) is 3.72. The second-order valence-corrected chi connectivity index (χ2v) is 6.06. The van der Waals surface area contributed by atoms with E-state index in [9.17, 15) is 9.18 Å². The molecule has 0 saturated carbocycles. The van der Waals surface area contributed by atoms with Gasteiger partial charge in [-0.2, -0.15) is 0 Å². The van der Waals surface area contributed by atoms with Gasteiger partial charge < -0.3 is 9.47 Å². The largest absolute Gasteiger partial charge is 0.328 e. The average molecular weight is 323 g/mol. The number of imidazole rings is 1. The lowest BCUT2D eigenvalue weighted by Gasteiger charge is -2.17. The zero-order valence-electron chi connectivity index (χ0n) is 13.4. The number of rotatable bonds is 3. The zero-order valence-corrected chi connectivity index (χ0v) is 13.4. The number of benzene rings is 2. The first-order chi connectivity index (χ1) is 11.7. The Morgan fingerprint density at radius 3 is 2.71 bits per heavy atom. The number of halogens is 1. The Morgan fingerprint density at radius 1 is 1.17 bits per heavy atom. The zero-order chi connectivity index (χ0) is 16.7. The van der Waals surface area contributed by atoms with Crippen molar-refractivity contribution >= 4 is 22.6 Å². The van der Waals surface area contributed by atoms with Gasteiger partial charge in [0, 0.05) is 25.4 Å². The first-order valence-corrected chi connectivity index (χ1v) is 8.19. The van der Waals surface area contributed by atoms with Gasteiger partial charge in [-0.1, -0.05) is 24.3 Å². The fourth-order valence-electron chi connectivity index (χ4n) is 3.52. The highest BCUT2D eigenvalue weighted by Crippen LogP contribution is 2.34.